The van der Waals surface area contributed by atoms with Crippen LogP contribution in [0.3, 0.4) is 0 Å². The molecule has 3 aromatic heterocycles. The van der Waals surface area contributed by atoms with Gasteiger partial charge < -0.3 is 4.74 Å². The van der Waals surface area contributed by atoms with E-state index >= 15 is 0 Å². The highest BCUT2D eigenvalue weighted by molar-refractivity contribution is 9.08. The van der Waals surface area contributed by atoms with Gasteiger partial charge in [-0.3, -0.25) is 0 Å². The molecular formula is C14H10BrF3N6O. The lowest BCUT2D eigenvalue weighted by Crippen LogP contribution is -2.12. The second-order valence-electron chi connectivity index (χ2n) is 5.55. The van der Waals surface area contributed by atoms with Gasteiger partial charge in [-0.1, -0.05) is 0 Å². The fourth-order valence-corrected chi connectivity index (χ4v) is 3.07. The van der Waals surface area contributed by atoms with Gasteiger partial charge in [0, 0.05) is 5.92 Å². The van der Waals surface area contributed by atoms with E-state index in [0.29, 0.717) is 11.3 Å². The van der Waals surface area contributed by atoms with E-state index in [1.165, 1.54) is 19.6 Å². The van der Waals surface area contributed by atoms with Crippen LogP contribution < -0.4 is 4.74 Å². The summed E-state index contributed by atoms with van der Waals surface area (Å²) < 4.78 is 46.7. The average molecular weight is 415 g/mol. The van der Waals surface area contributed by atoms with Gasteiger partial charge in [-0.25, -0.2) is 19.9 Å². The van der Waals surface area contributed by atoms with Crippen molar-refractivity contribution in [1.82, 2.24) is 28.7 Å². The van der Waals surface area contributed by atoms with E-state index in [9.17, 15) is 13.2 Å². The lowest BCUT2D eigenvalue weighted by Gasteiger charge is -2.13. The van der Waals surface area contributed by atoms with Crippen molar-refractivity contribution in [2.45, 2.75) is 24.9 Å². The van der Waals surface area contributed by atoms with Crippen molar-refractivity contribution in [1.29, 1.82) is 0 Å². The smallest absolute Gasteiger partial charge is 0.435 e. The first-order chi connectivity index (χ1) is 11.9. The Morgan fingerprint density at radius 2 is 2.00 bits per heavy atom. The highest BCUT2D eigenvalue weighted by atomic mass is 79.9. The molecule has 0 unspecified atom stereocenters. The Morgan fingerprint density at radius 3 is 2.64 bits per heavy atom. The molecule has 3 aromatic rings. The molecule has 0 bridgehead atoms. The molecule has 1 saturated carbocycles. The first kappa shape index (κ1) is 16.2. The predicted octanol–water partition coefficient (Wildman–Crippen LogP) is 3.35. The molecule has 0 atom stereocenters. The van der Waals surface area contributed by atoms with Gasteiger partial charge in [0.05, 0.1) is 35.1 Å². The van der Waals surface area contributed by atoms with Crippen molar-refractivity contribution < 1.29 is 17.9 Å². The van der Waals surface area contributed by atoms with E-state index in [4.69, 9.17) is 4.74 Å². The molecule has 130 valence electrons. The lowest BCUT2D eigenvalue weighted by atomic mass is 10.1. The molecule has 4 rings (SSSR count). The Morgan fingerprint density at radius 1 is 1.24 bits per heavy atom. The first-order valence-corrected chi connectivity index (χ1v) is 7.99. The highest BCUT2D eigenvalue weighted by Gasteiger charge is 2.39. The predicted molar refractivity (Wildman–Crippen MR) is 84.2 cm³/mol. The van der Waals surface area contributed by atoms with Crippen LogP contribution in [0.25, 0.3) is 22.4 Å². The van der Waals surface area contributed by atoms with Crippen LogP contribution in [0.1, 0.15) is 30.1 Å². The number of nitrogens with zero attached hydrogens (tertiary/aromatic N) is 6. The maximum atomic E-state index is 13.5. The molecule has 0 amide bonds. The topological polar surface area (TPSA) is 78.6 Å². The molecule has 7 nitrogen and oxygen atoms in total. The molecule has 0 aromatic carbocycles. The number of rotatable bonds is 3. The number of aromatic nitrogens is 6. The van der Waals surface area contributed by atoms with E-state index in [2.05, 4.69) is 41.2 Å². The average Bonchev–Trinajstić information content (AvgIpc) is 3.36. The largest absolute Gasteiger partial charge is 0.480 e. The standard InChI is InChI=1S/C14H10BrF3N6O/c1-25-13-8(9(6-2-3-6)19-5-20-13)12-22-7-4-21-24(15)10(7)11(23-12)14(16,17)18/h4-6H,2-3H2,1H3. The van der Waals surface area contributed by atoms with Gasteiger partial charge in [-0.2, -0.15) is 22.0 Å². The normalized spacial score (nSPS) is 14.9. The summed E-state index contributed by atoms with van der Waals surface area (Å²) in [6.07, 6.45) is -0.306. The SMILES string of the molecule is COc1ncnc(C2CC2)c1-c1nc(C(F)(F)F)c2c(cnn2Br)n1. The molecule has 0 spiro atoms. The Labute approximate surface area is 147 Å². The van der Waals surface area contributed by atoms with E-state index < -0.39 is 11.9 Å². The minimum absolute atomic E-state index is 0.0573. The van der Waals surface area contributed by atoms with Crippen LogP contribution in [0.2, 0.25) is 0 Å². The maximum absolute atomic E-state index is 13.5. The Kier molecular flexibility index (Phi) is 3.63. The Bertz CT molecular complexity index is 969. The Balaban J connectivity index is 2.03. The van der Waals surface area contributed by atoms with Gasteiger partial charge in [0.2, 0.25) is 5.88 Å². The first-order valence-electron chi connectivity index (χ1n) is 7.28. The van der Waals surface area contributed by atoms with Gasteiger partial charge >= 0.3 is 6.18 Å². The van der Waals surface area contributed by atoms with E-state index in [-0.39, 0.29) is 28.7 Å². The van der Waals surface area contributed by atoms with E-state index in [0.717, 1.165) is 16.5 Å². The van der Waals surface area contributed by atoms with Gasteiger partial charge in [0.15, 0.2) is 11.5 Å². The van der Waals surface area contributed by atoms with Crippen LogP contribution in [0, 0.1) is 0 Å². The van der Waals surface area contributed by atoms with Crippen LogP contribution >= 0.6 is 16.1 Å². The number of hydrogen-bond acceptors (Lipinski definition) is 6. The third-order valence-electron chi connectivity index (χ3n) is 3.87. The lowest BCUT2D eigenvalue weighted by molar-refractivity contribution is -0.139. The molecule has 1 fully saturated rings. The zero-order valence-electron chi connectivity index (χ0n) is 12.7. The summed E-state index contributed by atoms with van der Waals surface area (Å²) in [4.78, 5) is 16.2. The minimum Gasteiger partial charge on any atom is -0.480 e. The molecule has 11 heteroatoms. The second kappa shape index (κ2) is 5.61. The second-order valence-corrected chi connectivity index (χ2v) is 6.22. The molecule has 0 aliphatic heterocycles. The van der Waals surface area contributed by atoms with Gasteiger partial charge in [0.1, 0.15) is 22.9 Å². The van der Waals surface area contributed by atoms with Crippen LogP contribution in [0.5, 0.6) is 5.88 Å². The monoisotopic (exact) mass is 414 g/mol. The summed E-state index contributed by atoms with van der Waals surface area (Å²) in [5, 5.41) is 3.79. The molecule has 1 aliphatic rings. The van der Waals surface area contributed by atoms with Crippen LogP contribution in [-0.4, -0.2) is 35.9 Å². The van der Waals surface area contributed by atoms with Crippen molar-refractivity contribution in [3.8, 4) is 17.3 Å². The number of methoxy groups -OCH3 is 1. The summed E-state index contributed by atoms with van der Waals surface area (Å²) in [5.74, 6) is 0.176. The van der Waals surface area contributed by atoms with Crippen molar-refractivity contribution in [2.75, 3.05) is 7.11 Å². The molecule has 25 heavy (non-hydrogen) atoms. The minimum atomic E-state index is -4.68. The van der Waals surface area contributed by atoms with Crippen LogP contribution in [-0.2, 0) is 6.18 Å². The summed E-state index contributed by atoms with van der Waals surface area (Å²) in [5.41, 5.74) is -0.385. The van der Waals surface area contributed by atoms with Crippen molar-refractivity contribution in [2.24, 2.45) is 0 Å². The number of fused-ring (bicyclic) bond motifs is 1. The fourth-order valence-electron chi connectivity index (χ4n) is 2.63. The number of ether oxygens (including phenoxy) is 1. The molecule has 0 N–H and O–H groups in total. The maximum Gasteiger partial charge on any atom is 0.435 e. The number of halogens is 4. The molecule has 0 radical (unpaired) electrons. The summed E-state index contributed by atoms with van der Waals surface area (Å²) in [6.45, 7) is 0. The summed E-state index contributed by atoms with van der Waals surface area (Å²) >= 11 is 2.94. The van der Waals surface area contributed by atoms with Gasteiger partial charge in [0.25, 0.3) is 0 Å². The van der Waals surface area contributed by atoms with E-state index in [1.54, 1.807) is 0 Å². The molecule has 1 aliphatic carbocycles. The third kappa shape index (κ3) is 2.71. The van der Waals surface area contributed by atoms with Crippen LogP contribution in [0.15, 0.2) is 12.5 Å². The van der Waals surface area contributed by atoms with Crippen molar-refractivity contribution >= 4 is 27.2 Å². The molecular weight excluding hydrogens is 405 g/mol. The van der Waals surface area contributed by atoms with E-state index in [1.807, 2.05) is 0 Å². The Hall–Kier alpha value is -2.30. The number of hydrogen-bond donors (Lipinski definition) is 0. The highest BCUT2D eigenvalue weighted by Crippen LogP contribution is 2.45. The van der Waals surface area contributed by atoms with Gasteiger partial charge in [-0.15, -0.1) is 0 Å². The molecule has 3 heterocycles. The molecule has 0 saturated heterocycles. The zero-order valence-corrected chi connectivity index (χ0v) is 14.3. The van der Waals surface area contributed by atoms with Crippen molar-refractivity contribution in [3.05, 3.63) is 23.9 Å². The van der Waals surface area contributed by atoms with Crippen molar-refractivity contribution in [3.63, 3.8) is 0 Å². The third-order valence-corrected chi connectivity index (χ3v) is 4.41. The fraction of sp³-hybridized carbons (Fsp3) is 0.357. The quantitative estimate of drug-likeness (QED) is 0.653. The zero-order chi connectivity index (χ0) is 17.8. The number of alkyl halides is 3. The summed E-state index contributed by atoms with van der Waals surface area (Å²) in [6, 6.07) is 0. The summed E-state index contributed by atoms with van der Waals surface area (Å²) in [7, 11) is 1.39. The van der Waals surface area contributed by atoms with Crippen LogP contribution in [0.4, 0.5) is 13.2 Å². The van der Waals surface area contributed by atoms with Gasteiger partial charge in [-0.05, 0) is 12.8 Å².